The van der Waals surface area contributed by atoms with Gasteiger partial charge in [-0.05, 0) is 27.6 Å². The van der Waals surface area contributed by atoms with Gasteiger partial charge in [-0.15, -0.1) is 0 Å². The van der Waals surface area contributed by atoms with Gasteiger partial charge in [0.1, 0.15) is 0 Å². The summed E-state index contributed by atoms with van der Waals surface area (Å²) in [6, 6.07) is 10.6. The molecule has 0 saturated heterocycles. The van der Waals surface area contributed by atoms with Crippen molar-refractivity contribution in [1.82, 2.24) is 4.57 Å². The molecule has 0 radical (unpaired) electrons. The normalized spacial score (nSPS) is 12.1. The molecule has 0 spiro atoms. The van der Waals surface area contributed by atoms with Crippen molar-refractivity contribution in [3.8, 4) is 0 Å². The van der Waals surface area contributed by atoms with E-state index in [1.165, 1.54) is 16.8 Å². The maximum absolute atomic E-state index is 11.8. The van der Waals surface area contributed by atoms with Crippen LogP contribution in [-0.4, -0.2) is 15.6 Å². The molecule has 92 valence electrons. The molecule has 1 atom stereocenters. The lowest BCUT2D eigenvalue weighted by Crippen LogP contribution is -2.29. The molecule has 0 saturated carbocycles. The molecule has 1 N–H and O–H groups in total. The van der Waals surface area contributed by atoms with Gasteiger partial charge in [0, 0.05) is 16.7 Å². The minimum absolute atomic E-state index is 0.352. The van der Waals surface area contributed by atoms with Crippen molar-refractivity contribution < 1.29 is 9.90 Å². The molecule has 0 fully saturated rings. The lowest BCUT2D eigenvalue weighted by Gasteiger charge is -2.16. The van der Waals surface area contributed by atoms with Crippen LogP contribution < -0.4 is 5.56 Å². The summed E-state index contributed by atoms with van der Waals surface area (Å²) in [5, 5.41) is 9.32. The highest BCUT2D eigenvalue weighted by molar-refractivity contribution is 9.10. The van der Waals surface area contributed by atoms with Gasteiger partial charge < -0.3 is 5.11 Å². The Kier molecular flexibility index (Phi) is 3.62. The second kappa shape index (κ2) is 5.18. The van der Waals surface area contributed by atoms with Gasteiger partial charge in [0.15, 0.2) is 6.04 Å². The predicted molar refractivity (Wildman–Crippen MR) is 70.6 cm³/mol. The highest BCUT2D eigenvalue weighted by Crippen LogP contribution is 2.18. The van der Waals surface area contributed by atoms with Crippen LogP contribution in [0.25, 0.3) is 0 Å². The lowest BCUT2D eigenvalue weighted by atomic mass is 10.1. The zero-order chi connectivity index (χ0) is 13.1. The van der Waals surface area contributed by atoms with Gasteiger partial charge in [-0.2, -0.15) is 0 Å². The molecular weight excluding hydrogens is 298 g/mol. The highest BCUT2D eigenvalue weighted by atomic mass is 79.9. The molecule has 1 unspecified atom stereocenters. The molecule has 1 heterocycles. The molecule has 4 nitrogen and oxygen atoms in total. The molecule has 5 heteroatoms. The monoisotopic (exact) mass is 307 g/mol. The summed E-state index contributed by atoms with van der Waals surface area (Å²) in [5.41, 5.74) is 0.208. The molecule has 0 bridgehead atoms. The number of carboxylic acid groups (broad SMARTS) is 1. The van der Waals surface area contributed by atoms with Crippen molar-refractivity contribution >= 4 is 21.9 Å². The van der Waals surface area contributed by atoms with E-state index >= 15 is 0 Å². The van der Waals surface area contributed by atoms with Crippen molar-refractivity contribution in [2.45, 2.75) is 6.04 Å². The van der Waals surface area contributed by atoms with Gasteiger partial charge >= 0.3 is 5.97 Å². The van der Waals surface area contributed by atoms with Gasteiger partial charge in [-0.3, -0.25) is 9.36 Å². The van der Waals surface area contributed by atoms with E-state index in [0.717, 1.165) is 0 Å². The fourth-order valence-corrected chi connectivity index (χ4v) is 2.09. The lowest BCUT2D eigenvalue weighted by molar-refractivity contribution is -0.139. The smallest absolute Gasteiger partial charge is 0.331 e. The maximum Gasteiger partial charge on any atom is 0.331 e. The SMILES string of the molecule is O=C(O)C(c1ccccc1)n1cc(Br)ccc1=O. The molecule has 0 aliphatic carbocycles. The zero-order valence-corrected chi connectivity index (χ0v) is 10.9. The average molecular weight is 308 g/mol. The summed E-state index contributed by atoms with van der Waals surface area (Å²) >= 11 is 3.23. The highest BCUT2D eigenvalue weighted by Gasteiger charge is 2.22. The van der Waals surface area contributed by atoms with E-state index in [2.05, 4.69) is 15.9 Å². The van der Waals surface area contributed by atoms with Crippen LogP contribution in [0.5, 0.6) is 0 Å². The van der Waals surface area contributed by atoms with Crippen LogP contribution in [0.3, 0.4) is 0 Å². The second-order valence-corrected chi connectivity index (χ2v) is 4.66. The van der Waals surface area contributed by atoms with Crippen molar-refractivity contribution in [2.24, 2.45) is 0 Å². The quantitative estimate of drug-likeness (QED) is 0.946. The Balaban J connectivity index is 2.59. The summed E-state index contributed by atoms with van der Waals surface area (Å²) < 4.78 is 1.85. The van der Waals surface area contributed by atoms with E-state index < -0.39 is 12.0 Å². The molecule has 0 amide bonds. The third kappa shape index (κ3) is 2.51. The van der Waals surface area contributed by atoms with Crippen molar-refractivity contribution in [3.63, 3.8) is 0 Å². The number of hydrogen-bond donors (Lipinski definition) is 1. The number of aromatic nitrogens is 1. The minimum Gasteiger partial charge on any atom is -0.479 e. The van der Waals surface area contributed by atoms with Crippen molar-refractivity contribution in [2.75, 3.05) is 0 Å². The van der Waals surface area contributed by atoms with Crippen LogP contribution >= 0.6 is 15.9 Å². The molecule has 2 rings (SSSR count). The number of carbonyl (C=O) groups is 1. The third-order valence-electron chi connectivity index (χ3n) is 2.53. The first-order valence-corrected chi connectivity index (χ1v) is 6.04. The maximum atomic E-state index is 11.8. The van der Waals surface area contributed by atoms with Crippen LogP contribution in [-0.2, 0) is 4.79 Å². The Bertz CT molecular complexity index is 622. The Labute approximate surface area is 112 Å². The summed E-state index contributed by atoms with van der Waals surface area (Å²) in [6.07, 6.45) is 1.48. The van der Waals surface area contributed by atoms with Gasteiger partial charge in [0.2, 0.25) is 0 Å². The second-order valence-electron chi connectivity index (χ2n) is 3.74. The van der Waals surface area contributed by atoms with Crippen LogP contribution in [0.4, 0.5) is 0 Å². The largest absolute Gasteiger partial charge is 0.479 e. The van der Waals surface area contributed by atoms with E-state index in [-0.39, 0.29) is 5.56 Å². The van der Waals surface area contributed by atoms with Crippen LogP contribution in [0.2, 0.25) is 0 Å². The Morgan fingerprint density at radius 2 is 1.83 bits per heavy atom. The molecule has 0 aliphatic rings. The molecule has 18 heavy (non-hydrogen) atoms. The first-order chi connectivity index (χ1) is 8.59. The minimum atomic E-state index is -1.07. The number of pyridine rings is 1. The number of halogens is 1. The van der Waals surface area contributed by atoms with E-state index in [1.807, 2.05) is 0 Å². The van der Waals surface area contributed by atoms with Gasteiger partial charge in [-0.25, -0.2) is 4.79 Å². The predicted octanol–water partition coefficient (Wildman–Crippen LogP) is 2.28. The van der Waals surface area contributed by atoms with E-state index in [9.17, 15) is 14.7 Å². The number of hydrogen-bond acceptors (Lipinski definition) is 2. The fraction of sp³-hybridized carbons (Fsp3) is 0.0769. The number of benzene rings is 1. The average Bonchev–Trinajstić information content (AvgIpc) is 2.35. The van der Waals surface area contributed by atoms with E-state index in [0.29, 0.717) is 10.0 Å². The van der Waals surface area contributed by atoms with Crippen molar-refractivity contribution in [3.05, 3.63) is 69.1 Å². The summed E-state index contributed by atoms with van der Waals surface area (Å²) in [6.45, 7) is 0. The van der Waals surface area contributed by atoms with Gasteiger partial charge in [-0.1, -0.05) is 30.3 Å². The van der Waals surface area contributed by atoms with Crippen LogP contribution in [0.15, 0.2) is 57.9 Å². The zero-order valence-electron chi connectivity index (χ0n) is 9.29. The number of carboxylic acids is 1. The van der Waals surface area contributed by atoms with Crippen molar-refractivity contribution in [1.29, 1.82) is 0 Å². The topological polar surface area (TPSA) is 59.3 Å². The van der Waals surface area contributed by atoms with E-state index in [4.69, 9.17) is 0 Å². The van der Waals surface area contributed by atoms with Gasteiger partial charge in [0.05, 0.1) is 0 Å². The molecule has 2 aromatic rings. The standard InChI is InChI=1S/C13H10BrNO3/c14-10-6-7-11(16)15(8-10)12(13(17)18)9-4-2-1-3-5-9/h1-8,12H,(H,17,18). The first-order valence-electron chi connectivity index (χ1n) is 5.25. The first kappa shape index (κ1) is 12.6. The number of rotatable bonds is 3. The van der Waals surface area contributed by atoms with Crippen LogP contribution in [0.1, 0.15) is 11.6 Å². The van der Waals surface area contributed by atoms with Gasteiger partial charge in [0.25, 0.3) is 5.56 Å². The molecular formula is C13H10BrNO3. The van der Waals surface area contributed by atoms with Crippen LogP contribution in [0, 0.1) is 0 Å². The number of nitrogens with zero attached hydrogens (tertiary/aromatic N) is 1. The molecule has 0 aliphatic heterocycles. The summed E-state index contributed by atoms with van der Waals surface area (Å²) in [4.78, 5) is 23.2. The fourth-order valence-electron chi connectivity index (χ4n) is 1.74. The number of aliphatic carboxylic acids is 1. The third-order valence-corrected chi connectivity index (χ3v) is 3.00. The summed E-state index contributed by atoms with van der Waals surface area (Å²) in [5.74, 6) is -1.07. The molecule has 1 aromatic heterocycles. The Morgan fingerprint density at radius 3 is 2.44 bits per heavy atom. The molecule has 1 aromatic carbocycles. The van der Waals surface area contributed by atoms with E-state index in [1.54, 1.807) is 36.4 Å². The summed E-state index contributed by atoms with van der Waals surface area (Å²) in [7, 11) is 0. The Morgan fingerprint density at radius 1 is 1.17 bits per heavy atom. The Hall–Kier alpha value is -1.88.